The van der Waals surface area contributed by atoms with E-state index >= 15 is 0 Å². The van der Waals surface area contributed by atoms with Gasteiger partial charge >= 0.3 is 0 Å². The summed E-state index contributed by atoms with van der Waals surface area (Å²) in [5.41, 5.74) is 3.40. The summed E-state index contributed by atoms with van der Waals surface area (Å²) in [4.78, 5) is 16.7. The second kappa shape index (κ2) is 9.12. The molecule has 2 aromatic rings. The first-order valence-corrected chi connectivity index (χ1v) is 11.8. The predicted octanol–water partition coefficient (Wildman–Crippen LogP) is 2.19. The standard InChI is InChI=1S/C23H27N3O3S/c27-23(25-12-10-21-8-4-5-9-22(21)18-25)19-24-13-15-26(16-14-24)30(28,29)17-11-20-6-2-1-3-7-20/h1-9,11,17H,10,12-16,18-19H2/b17-11+. The quantitative estimate of drug-likeness (QED) is 0.737. The lowest BCUT2D eigenvalue weighted by Crippen LogP contribution is -2.51. The summed E-state index contributed by atoms with van der Waals surface area (Å²) in [5, 5.41) is 1.27. The van der Waals surface area contributed by atoms with Crippen LogP contribution in [0.25, 0.3) is 6.08 Å². The highest BCUT2D eigenvalue weighted by molar-refractivity contribution is 7.92. The molecule has 0 radical (unpaired) electrons. The second-order valence-electron chi connectivity index (χ2n) is 7.77. The van der Waals surface area contributed by atoms with Gasteiger partial charge in [0.15, 0.2) is 0 Å². The van der Waals surface area contributed by atoms with Crippen molar-refractivity contribution >= 4 is 22.0 Å². The largest absolute Gasteiger partial charge is 0.337 e. The second-order valence-corrected chi connectivity index (χ2v) is 9.59. The van der Waals surface area contributed by atoms with Crippen LogP contribution in [0.1, 0.15) is 16.7 Å². The summed E-state index contributed by atoms with van der Waals surface area (Å²) >= 11 is 0. The Kier molecular flexibility index (Phi) is 6.32. The zero-order valence-corrected chi connectivity index (χ0v) is 17.8. The Bertz CT molecular complexity index is 1010. The van der Waals surface area contributed by atoms with Crippen LogP contribution >= 0.6 is 0 Å². The van der Waals surface area contributed by atoms with E-state index in [4.69, 9.17) is 0 Å². The fourth-order valence-electron chi connectivity index (χ4n) is 3.96. The van der Waals surface area contributed by atoms with Gasteiger partial charge in [-0.15, -0.1) is 0 Å². The summed E-state index contributed by atoms with van der Waals surface area (Å²) in [5.74, 6) is 0.116. The van der Waals surface area contributed by atoms with E-state index in [1.807, 2.05) is 47.4 Å². The van der Waals surface area contributed by atoms with Crippen LogP contribution in [0.3, 0.4) is 0 Å². The summed E-state index contributed by atoms with van der Waals surface area (Å²) in [6.07, 6.45) is 2.51. The molecule has 158 valence electrons. The number of nitrogens with zero attached hydrogens (tertiary/aromatic N) is 3. The van der Waals surface area contributed by atoms with E-state index in [1.165, 1.54) is 20.8 Å². The molecule has 30 heavy (non-hydrogen) atoms. The molecule has 0 aliphatic carbocycles. The van der Waals surface area contributed by atoms with Crippen LogP contribution < -0.4 is 0 Å². The SMILES string of the molecule is O=C(CN1CCN(S(=O)(=O)/C=C/c2ccccc2)CC1)N1CCc2ccccc2C1. The van der Waals surface area contributed by atoms with Crippen LogP contribution in [0.5, 0.6) is 0 Å². The molecule has 0 atom stereocenters. The maximum Gasteiger partial charge on any atom is 0.237 e. The van der Waals surface area contributed by atoms with E-state index in [2.05, 4.69) is 17.0 Å². The Hall–Kier alpha value is -2.48. The summed E-state index contributed by atoms with van der Waals surface area (Å²) in [6, 6.07) is 17.7. The molecule has 0 unspecified atom stereocenters. The number of sulfonamides is 1. The Balaban J connectivity index is 1.28. The minimum Gasteiger partial charge on any atom is -0.337 e. The molecule has 1 saturated heterocycles. The monoisotopic (exact) mass is 425 g/mol. The number of amides is 1. The van der Waals surface area contributed by atoms with Crippen molar-refractivity contribution in [3.8, 4) is 0 Å². The highest BCUT2D eigenvalue weighted by Gasteiger charge is 2.28. The summed E-state index contributed by atoms with van der Waals surface area (Å²) in [7, 11) is -3.46. The van der Waals surface area contributed by atoms with Gasteiger partial charge in [-0.1, -0.05) is 54.6 Å². The van der Waals surface area contributed by atoms with Gasteiger partial charge in [0, 0.05) is 44.7 Å². The van der Waals surface area contributed by atoms with E-state index in [0.717, 1.165) is 18.5 Å². The van der Waals surface area contributed by atoms with Crippen molar-refractivity contribution < 1.29 is 13.2 Å². The Morgan fingerprint density at radius 3 is 2.27 bits per heavy atom. The van der Waals surface area contributed by atoms with E-state index in [0.29, 0.717) is 39.3 Å². The molecule has 2 aromatic carbocycles. The minimum atomic E-state index is -3.46. The van der Waals surface area contributed by atoms with Crippen molar-refractivity contribution in [1.29, 1.82) is 0 Å². The van der Waals surface area contributed by atoms with Gasteiger partial charge in [0.2, 0.25) is 15.9 Å². The molecule has 0 bridgehead atoms. The molecule has 2 aliphatic rings. The summed E-state index contributed by atoms with van der Waals surface area (Å²) in [6.45, 7) is 3.68. The van der Waals surface area contributed by atoms with Crippen molar-refractivity contribution in [2.45, 2.75) is 13.0 Å². The third-order valence-electron chi connectivity index (χ3n) is 5.77. The zero-order chi connectivity index (χ0) is 21.0. The van der Waals surface area contributed by atoms with Crippen LogP contribution in [0.4, 0.5) is 0 Å². The fourth-order valence-corrected chi connectivity index (χ4v) is 5.13. The maximum absolute atomic E-state index is 12.8. The lowest BCUT2D eigenvalue weighted by molar-refractivity contribution is -0.133. The smallest absolute Gasteiger partial charge is 0.237 e. The minimum absolute atomic E-state index is 0.116. The highest BCUT2D eigenvalue weighted by Crippen LogP contribution is 2.19. The Morgan fingerprint density at radius 1 is 0.867 bits per heavy atom. The molecule has 0 N–H and O–H groups in total. The van der Waals surface area contributed by atoms with Crippen molar-refractivity contribution in [2.75, 3.05) is 39.3 Å². The van der Waals surface area contributed by atoms with E-state index in [-0.39, 0.29) is 5.91 Å². The van der Waals surface area contributed by atoms with E-state index < -0.39 is 10.0 Å². The van der Waals surface area contributed by atoms with Gasteiger partial charge in [0.25, 0.3) is 0 Å². The van der Waals surface area contributed by atoms with Crippen molar-refractivity contribution in [2.24, 2.45) is 0 Å². The molecule has 0 spiro atoms. The van der Waals surface area contributed by atoms with Crippen LogP contribution in [0.15, 0.2) is 60.0 Å². The van der Waals surface area contributed by atoms with Gasteiger partial charge in [0.1, 0.15) is 0 Å². The van der Waals surface area contributed by atoms with E-state index in [9.17, 15) is 13.2 Å². The number of hydrogen-bond acceptors (Lipinski definition) is 4. The Labute approximate surface area is 178 Å². The molecule has 0 saturated carbocycles. The van der Waals surface area contributed by atoms with Crippen molar-refractivity contribution in [3.63, 3.8) is 0 Å². The molecule has 0 aromatic heterocycles. The molecule has 2 aliphatic heterocycles. The molecular weight excluding hydrogens is 398 g/mol. The summed E-state index contributed by atoms with van der Waals surface area (Å²) < 4.78 is 26.7. The molecule has 6 nitrogen and oxygen atoms in total. The van der Waals surface area contributed by atoms with Crippen LogP contribution in [0, 0.1) is 0 Å². The zero-order valence-electron chi connectivity index (χ0n) is 17.0. The molecule has 1 fully saturated rings. The topological polar surface area (TPSA) is 60.9 Å². The normalized spacial score (nSPS) is 18.5. The number of rotatable bonds is 5. The Morgan fingerprint density at radius 2 is 1.53 bits per heavy atom. The van der Waals surface area contributed by atoms with Crippen molar-refractivity contribution in [1.82, 2.24) is 14.1 Å². The lowest BCUT2D eigenvalue weighted by Gasteiger charge is -2.35. The number of piperazine rings is 1. The molecule has 4 rings (SSSR count). The number of carbonyl (C=O) groups is 1. The molecule has 7 heteroatoms. The van der Waals surface area contributed by atoms with Crippen molar-refractivity contribution in [3.05, 3.63) is 76.7 Å². The average molecular weight is 426 g/mol. The number of hydrogen-bond donors (Lipinski definition) is 0. The molecular formula is C23H27N3O3S. The average Bonchev–Trinajstić information content (AvgIpc) is 2.78. The van der Waals surface area contributed by atoms with Gasteiger partial charge in [-0.25, -0.2) is 8.42 Å². The van der Waals surface area contributed by atoms with Crippen LogP contribution in [-0.2, 0) is 27.8 Å². The number of fused-ring (bicyclic) bond motifs is 1. The van der Waals surface area contributed by atoms with Crippen LogP contribution in [0.2, 0.25) is 0 Å². The highest BCUT2D eigenvalue weighted by atomic mass is 32.2. The van der Waals surface area contributed by atoms with E-state index in [1.54, 1.807) is 6.08 Å². The third-order valence-corrected chi connectivity index (χ3v) is 7.33. The predicted molar refractivity (Wildman–Crippen MR) is 118 cm³/mol. The first-order valence-electron chi connectivity index (χ1n) is 10.3. The molecule has 1 amide bonds. The third kappa shape index (κ3) is 4.98. The first-order chi connectivity index (χ1) is 14.5. The van der Waals surface area contributed by atoms with Crippen LogP contribution in [-0.4, -0.2) is 67.7 Å². The maximum atomic E-state index is 12.8. The van der Waals surface area contributed by atoms with Gasteiger partial charge in [-0.3, -0.25) is 9.69 Å². The first kappa shape index (κ1) is 20.8. The van der Waals surface area contributed by atoms with Gasteiger partial charge in [-0.2, -0.15) is 4.31 Å². The number of benzene rings is 2. The fraction of sp³-hybridized carbons (Fsp3) is 0.348. The lowest BCUT2D eigenvalue weighted by atomic mass is 10.00. The van der Waals surface area contributed by atoms with Gasteiger partial charge < -0.3 is 4.90 Å². The van der Waals surface area contributed by atoms with Gasteiger partial charge in [0.05, 0.1) is 6.54 Å². The van der Waals surface area contributed by atoms with Gasteiger partial charge in [-0.05, 0) is 29.2 Å². The number of carbonyl (C=O) groups excluding carboxylic acids is 1. The molecule has 2 heterocycles.